The number of amides is 2. The van der Waals surface area contributed by atoms with Gasteiger partial charge in [0.25, 0.3) is 0 Å². The maximum atomic E-state index is 11.5. The van der Waals surface area contributed by atoms with Gasteiger partial charge in [-0.2, -0.15) is 12.6 Å². The summed E-state index contributed by atoms with van der Waals surface area (Å²) in [7, 11) is 0. The van der Waals surface area contributed by atoms with Crippen LogP contribution in [0.2, 0.25) is 5.32 Å². The quantitative estimate of drug-likeness (QED) is 0.102. The fourth-order valence-electron chi connectivity index (χ4n) is 1.42. The Bertz CT molecular complexity index is 551. The molecule has 0 saturated heterocycles. The number of aliphatic carboxylic acids is 3. The number of thiol groups is 1. The van der Waals surface area contributed by atoms with Crippen molar-refractivity contribution >= 4 is 58.4 Å². The van der Waals surface area contributed by atoms with Gasteiger partial charge >= 0.3 is 67.3 Å². The monoisotopic (exact) mass is 490 g/mol. The maximum absolute atomic E-state index is 11.5. The standard InChI is InChI=1S/C10H17N3O6S.C4H9NO2Se/c11-5(10(18)19)1-2-7(14)13-6(4-20)9(17)12-3-8(15)16;5-3(1-2-8)4(6)7/h5-6,20H,1-4,11H2,(H,12,17)(H,13,14)(H,15,16)(H,18,19);3,8H,1-2,5H2,(H,6,7)/t5-,6-;3-/m00/s1. The third-order valence-corrected chi connectivity index (χ3v) is 3.91. The molecule has 0 aromatic carbocycles. The average molecular weight is 489 g/mol. The van der Waals surface area contributed by atoms with Gasteiger partial charge in [-0.1, -0.05) is 0 Å². The summed E-state index contributed by atoms with van der Waals surface area (Å²) in [6.45, 7) is -0.567. The molecule has 0 bridgehead atoms. The van der Waals surface area contributed by atoms with Crippen LogP contribution in [0.3, 0.4) is 0 Å². The molecule has 12 nitrogen and oxygen atoms in total. The van der Waals surface area contributed by atoms with Crippen molar-refractivity contribution in [1.82, 2.24) is 10.6 Å². The molecule has 0 aromatic heterocycles. The van der Waals surface area contributed by atoms with Gasteiger partial charge in [-0.05, 0) is 6.42 Å². The summed E-state index contributed by atoms with van der Waals surface area (Å²) >= 11 is 6.17. The number of hydrogen-bond donors (Lipinski definition) is 8. The molecule has 9 N–H and O–H groups in total. The molecular weight excluding hydrogens is 463 g/mol. The predicted octanol–water partition coefficient (Wildman–Crippen LogP) is -3.10. The molecule has 0 saturated carbocycles. The molecule has 0 unspecified atom stereocenters. The van der Waals surface area contributed by atoms with Gasteiger partial charge in [0.2, 0.25) is 11.8 Å². The minimum absolute atomic E-state index is 0.0256. The van der Waals surface area contributed by atoms with E-state index in [0.717, 1.165) is 5.32 Å². The molecule has 0 heterocycles. The normalized spacial score (nSPS) is 13.1. The summed E-state index contributed by atoms with van der Waals surface area (Å²) in [6, 6.07) is -2.83. The zero-order valence-corrected chi connectivity index (χ0v) is 17.7. The van der Waals surface area contributed by atoms with Crippen molar-refractivity contribution in [3.8, 4) is 0 Å². The number of nitrogens with two attached hydrogens (primary N) is 2. The zero-order valence-electron chi connectivity index (χ0n) is 14.9. The van der Waals surface area contributed by atoms with Crippen molar-refractivity contribution in [2.24, 2.45) is 11.5 Å². The Balaban J connectivity index is 0. The molecule has 0 aliphatic rings. The van der Waals surface area contributed by atoms with Gasteiger partial charge < -0.3 is 26.6 Å². The first-order chi connectivity index (χ1) is 13.0. The predicted molar refractivity (Wildman–Crippen MR) is 103 cm³/mol. The Labute approximate surface area is 175 Å². The molecule has 162 valence electrons. The number of carboxylic acids is 3. The Morgan fingerprint density at radius 1 is 0.964 bits per heavy atom. The average Bonchev–Trinajstić information content (AvgIpc) is 2.62. The summed E-state index contributed by atoms with van der Waals surface area (Å²) in [5.41, 5.74) is 10.3. The van der Waals surface area contributed by atoms with Crippen LogP contribution < -0.4 is 22.1 Å². The van der Waals surface area contributed by atoms with Crippen LogP contribution in [0.5, 0.6) is 0 Å². The fraction of sp³-hybridized carbons (Fsp3) is 0.643. The summed E-state index contributed by atoms with van der Waals surface area (Å²) in [5.74, 6) is -4.62. The van der Waals surface area contributed by atoms with E-state index in [0.29, 0.717) is 6.42 Å². The molecule has 0 aliphatic carbocycles. The van der Waals surface area contributed by atoms with Gasteiger partial charge in [-0.3, -0.25) is 19.2 Å². The number of rotatable bonds is 12. The number of hydrogen-bond acceptors (Lipinski definition) is 8. The zero-order chi connectivity index (χ0) is 22.3. The first kappa shape index (κ1) is 28.4. The Hall–Kier alpha value is -1.86. The molecule has 14 heteroatoms. The van der Waals surface area contributed by atoms with E-state index in [1.54, 1.807) is 0 Å². The number of carbonyl (C=O) groups is 5. The second-order valence-corrected chi connectivity index (χ2v) is 6.66. The van der Waals surface area contributed by atoms with Crippen LogP contribution in [0.15, 0.2) is 0 Å². The van der Waals surface area contributed by atoms with Gasteiger partial charge in [0.05, 0.1) is 0 Å². The van der Waals surface area contributed by atoms with Gasteiger partial charge in [-0.15, -0.1) is 0 Å². The number of carboxylic acid groups (broad SMARTS) is 3. The molecule has 0 spiro atoms. The van der Waals surface area contributed by atoms with Crippen LogP contribution in [0.1, 0.15) is 19.3 Å². The second kappa shape index (κ2) is 16.1. The van der Waals surface area contributed by atoms with Crippen molar-refractivity contribution in [3.05, 3.63) is 0 Å². The van der Waals surface area contributed by atoms with E-state index < -0.39 is 54.4 Å². The van der Waals surface area contributed by atoms with E-state index in [1.807, 2.05) is 0 Å². The van der Waals surface area contributed by atoms with Crippen molar-refractivity contribution < 1.29 is 39.3 Å². The third-order valence-electron chi connectivity index (χ3n) is 3.01. The van der Waals surface area contributed by atoms with E-state index >= 15 is 0 Å². The van der Waals surface area contributed by atoms with Crippen LogP contribution in [-0.2, 0) is 24.0 Å². The SMILES string of the molecule is N[C@@H](CCC(=O)N[C@@H](CS)C(=O)NCC(=O)O)C(=O)O.N[C@@H](CC[SeH])C(=O)O. The van der Waals surface area contributed by atoms with Crippen LogP contribution in [0, 0.1) is 0 Å². The summed E-state index contributed by atoms with van der Waals surface area (Å²) in [6.07, 6.45) is 0.302. The third kappa shape index (κ3) is 15.2. The van der Waals surface area contributed by atoms with Crippen LogP contribution in [0.25, 0.3) is 0 Å². The molecule has 0 rings (SSSR count). The summed E-state index contributed by atoms with van der Waals surface area (Å²) < 4.78 is 0. The van der Waals surface area contributed by atoms with Crippen LogP contribution in [0.4, 0.5) is 0 Å². The first-order valence-corrected chi connectivity index (χ1v) is 9.89. The Morgan fingerprint density at radius 3 is 1.82 bits per heavy atom. The van der Waals surface area contributed by atoms with Crippen molar-refractivity contribution in [1.29, 1.82) is 0 Å². The van der Waals surface area contributed by atoms with E-state index in [2.05, 4.69) is 39.3 Å². The van der Waals surface area contributed by atoms with E-state index in [-0.39, 0.29) is 18.6 Å². The van der Waals surface area contributed by atoms with E-state index in [9.17, 15) is 24.0 Å². The summed E-state index contributed by atoms with van der Waals surface area (Å²) in [4.78, 5) is 53.7. The summed E-state index contributed by atoms with van der Waals surface area (Å²) in [5, 5.41) is 30.3. The van der Waals surface area contributed by atoms with E-state index in [4.69, 9.17) is 26.8 Å². The molecule has 0 aromatic rings. The molecular formula is C14H26N4O8SSe. The first-order valence-electron chi connectivity index (χ1n) is 7.93. The molecule has 3 atom stereocenters. The van der Waals surface area contributed by atoms with Gasteiger partial charge in [0, 0.05) is 12.2 Å². The number of carbonyl (C=O) groups excluding carboxylic acids is 2. The molecule has 0 aliphatic heterocycles. The van der Waals surface area contributed by atoms with E-state index in [1.165, 1.54) is 0 Å². The van der Waals surface area contributed by atoms with Gasteiger partial charge in [0.15, 0.2) is 0 Å². The van der Waals surface area contributed by atoms with Crippen molar-refractivity contribution in [2.45, 2.75) is 42.7 Å². The Morgan fingerprint density at radius 2 is 1.46 bits per heavy atom. The molecule has 0 fully saturated rings. The van der Waals surface area contributed by atoms with Crippen molar-refractivity contribution in [2.75, 3.05) is 12.3 Å². The molecule has 0 radical (unpaired) electrons. The minimum atomic E-state index is -1.22. The fourth-order valence-corrected chi connectivity index (χ4v) is 2.26. The molecule has 28 heavy (non-hydrogen) atoms. The number of nitrogens with one attached hydrogen (secondary N) is 2. The van der Waals surface area contributed by atoms with Crippen LogP contribution in [-0.4, -0.2) is 91.5 Å². The topological polar surface area (TPSA) is 222 Å². The van der Waals surface area contributed by atoms with Crippen LogP contribution >= 0.6 is 12.6 Å². The van der Waals surface area contributed by atoms with Gasteiger partial charge in [0.1, 0.15) is 18.6 Å². The van der Waals surface area contributed by atoms with Crippen molar-refractivity contribution in [3.63, 3.8) is 0 Å². The Kier molecular flexibility index (Phi) is 16.3. The second-order valence-electron chi connectivity index (χ2n) is 5.35. The molecule has 2 amide bonds. The van der Waals surface area contributed by atoms with Gasteiger partial charge in [-0.25, -0.2) is 0 Å².